The van der Waals surface area contributed by atoms with Gasteiger partial charge in [-0.3, -0.25) is 4.79 Å². The van der Waals surface area contributed by atoms with Crippen LogP contribution in [0.25, 0.3) is 0 Å². The van der Waals surface area contributed by atoms with E-state index in [1.54, 1.807) is 0 Å². The smallest absolute Gasteiger partial charge is 0.226 e. The minimum absolute atomic E-state index is 0. The lowest BCUT2D eigenvalue weighted by molar-refractivity contribution is -0.139. The fourth-order valence-electron chi connectivity index (χ4n) is 1.78. The minimum Gasteiger partial charge on any atom is -0.340 e. The summed E-state index contributed by atoms with van der Waals surface area (Å²) in [7, 11) is 0. The molecule has 1 rings (SSSR count). The van der Waals surface area contributed by atoms with Crippen LogP contribution in [0.1, 0.15) is 34.6 Å². The van der Waals surface area contributed by atoms with Gasteiger partial charge in [0.1, 0.15) is 0 Å². The van der Waals surface area contributed by atoms with Crippen molar-refractivity contribution < 1.29 is 4.79 Å². The number of nitrogens with one attached hydrogen (secondary N) is 1. The molecule has 1 aliphatic heterocycles. The van der Waals surface area contributed by atoms with Gasteiger partial charge in [-0.05, 0) is 12.3 Å². The highest BCUT2D eigenvalue weighted by Crippen LogP contribution is 2.27. The molecular formula is C12H25ClN2O. The highest BCUT2D eigenvalue weighted by molar-refractivity contribution is 5.85. The Bertz CT molecular complexity index is 238. The van der Waals surface area contributed by atoms with Crippen molar-refractivity contribution in [1.29, 1.82) is 0 Å². The van der Waals surface area contributed by atoms with Gasteiger partial charge in [-0.25, -0.2) is 0 Å². The predicted molar refractivity (Wildman–Crippen MR) is 69.9 cm³/mol. The number of rotatable bonds is 1. The highest BCUT2D eigenvalue weighted by Gasteiger charge is 2.31. The molecule has 0 radical (unpaired) electrons. The third-order valence-electron chi connectivity index (χ3n) is 3.35. The molecule has 0 bridgehead atoms. The number of carbonyl (C=O) groups is 1. The van der Waals surface area contributed by atoms with Gasteiger partial charge >= 0.3 is 0 Å². The summed E-state index contributed by atoms with van der Waals surface area (Å²) in [6.45, 7) is 13.2. The van der Waals surface area contributed by atoms with E-state index in [1.807, 2.05) is 11.8 Å². The van der Waals surface area contributed by atoms with E-state index in [1.165, 1.54) is 0 Å². The summed E-state index contributed by atoms with van der Waals surface area (Å²) in [6.07, 6.45) is 0. The van der Waals surface area contributed by atoms with Crippen LogP contribution >= 0.6 is 12.4 Å². The Morgan fingerprint density at radius 2 is 2.00 bits per heavy atom. The van der Waals surface area contributed by atoms with Crippen LogP contribution in [0.15, 0.2) is 0 Å². The number of hydrogen-bond acceptors (Lipinski definition) is 2. The predicted octanol–water partition coefficient (Wildman–Crippen LogP) is 1.91. The summed E-state index contributed by atoms with van der Waals surface area (Å²) in [6, 6.07) is 0.426. The van der Waals surface area contributed by atoms with Crippen LogP contribution < -0.4 is 5.32 Å². The molecule has 96 valence electrons. The summed E-state index contributed by atoms with van der Waals surface area (Å²) in [5.74, 6) is 0.402. The van der Waals surface area contributed by atoms with E-state index in [-0.39, 0.29) is 23.7 Å². The Morgan fingerprint density at radius 3 is 2.44 bits per heavy atom. The fourth-order valence-corrected chi connectivity index (χ4v) is 1.78. The molecule has 0 aromatic carbocycles. The maximum absolute atomic E-state index is 12.2. The molecule has 2 unspecified atom stereocenters. The van der Waals surface area contributed by atoms with Gasteiger partial charge in [0, 0.05) is 31.6 Å². The first-order chi connectivity index (χ1) is 6.82. The van der Waals surface area contributed by atoms with Gasteiger partial charge in [0.25, 0.3) is 0 Å². The summed E-state index contributed by atoms with van der Waals surface area (Å²) in [4.78, 5) is 14.2. The first kappa shape index (κ1) is 15.7. The molecule has 4 heteroatoms. The monoisotopic (exact) mass is 248 g/mol. The second-order valence-electron chi connectivity index (χ2n) is 5.73. The molecule has 1 N–H and O–H groups in total. The molecule has 1 fully saturated rings. The largest absolute Gasteiger partial charge is 0.340 e. The molecule has 3 nitrogen and oxygen atoms in total. The van der Waals surface area contributed by atoms with E-state index in [9.17, 15) is 4.79 Å². The lowest BCUT2D eigenvalue weighted by Crippen LogP contribution is -2.53. The van der Waals surface area contributed by atoms with Gasteiger partial charge in [0.05, 0.1) is 0 Å². The van der Waals surface area contributed by atoms with E-state index in [0.717, 1.165) is 19.6 Å². The Balaban J connectivity index is 0.00000225. The molecule has 0 aromatic heterocycles. The lowest BCUT2D eigenvalue weighted by Gasteiger charge is -2.37. The van der Waals surface area contributed by atoms with Crippen LogP contribution in [0.5, 0.6) is 0 Å². The van der Waals surface area contributed by atoms with Crippen LogP contribution in [-0.4, -0.2) is 36.5 Å². The van der Waals surface area contributed by atoms with Gasteiger partial charge in [-0.2, -0.15) is 0 Å². The molecule has 16 heavy (non-hydrogen) atoms. The van der Waals surface area contributed by atoms with E-state index in [4.69, 9.17) is 0 Å². The first-order valence-corrected chi connectivity index (χ1v) is 5.84. The second-order valence-corrected chi connectivity index (χ2v) is 5.73. The van der Waals surface area contributed by atoms with Crippen LogP contribution in [0.2, 0.25) is 0 Å². The molecule has 1 amide bonds. The first-order valence-electron chi connectivity index (χ1n) is 5.84. The Kier molecular flexibility index (Phi) is 5.77. The molecule has 0 aromatic rings. The number of halogens is 1. The summed E-state index contributed by atoms with van der Waals surface area (Å²) < 4.78 is 0. The molecular weight excluding hydrogens is 224 g/mol. The number of hydrogen-bond donors (Lipinski definition) is 1. The van der Waals surface area contributed by atoms with Crippen LogP contribution in [0, 0.1) is 11.3 Å². The van der Waals surface area contributed by atoms with Crippen LogP contribution in [0.3, 0.4) is 0 Å². The van der Waals surface area contributed by atoms with E-state index >= 15 is 0 Å². The zero-order chi connectivity index (χ0) is 11.6. The maximum Gasteiger partial charge on any atom is 0.226 e. The topological polar surface area (TPSA) is 32.3 Å². The molecule has 1 aliphatic rings. The highest BCUT2D eigenvalue weighted by atomic mass is 35.5. The van der Waals surface area contributed by atoms with Crippen molar-refractivity contribution in [1.82, 2.24) is 10.2 Å². The van der Waals surface area contributed by atoms with Gasteiger partial charge in [0.2, 0.25) is 5.91 Å². The average Bonchev–Trinajstić information content (AvgIpc) is 2.14. The molecule has 1 heterocycles. The van der Waals surface area contributed by atoms with Crippen LogP contribution in [0.4, 0.5) is 0 Å². The number of amides is 1. The average molecular weight is 249 g/mol. The number of carbonyl (C=O) groups excluding carboxylic acids is 1. The third kappa shape index (κ3) is 3.95. The molecule has 0 aliphatic carbocycles. The van der Waals surface area contributed by atoms with Crippen molar-refractivity contribution in [3.05, 3.63) is 0 Å². The second kappa shape index (κ2) is 5.87. The molecule has 0 saturated carbocycles. The zero-order valence-corrected chi connectivity index (χ0v) is 11.9. The van der Waals surface area contributed by atoms with E-state index < -0.39 is 0 Å². The number of piperazine rings is 1. The van der Waals surface area contributed by atoms with Crippen molar-refractivity contribution in [2.24, 2.45) is 11.3 Å². The third-order valence-corrected chi connectivity index (χ3v) is 3.35. The molecule has 2 atom stereocenters. The van der Waals surface area contributed by atoms with Crippen LogP contribution in [-0.2, 0) is 4.79 Å². The quantitative estimate of drug-likeness (QED) is 0.769. The van der Waals surface area contributed by atoms with Gasteiger partial charge < -0.3 is 10.2 Å². The van der Waals surface area contributed by atoms with Crippen molar-refractivity contribution in [3.8, 4) is 0 Å². The SMILES string of the molecule is CC1CN(C(=O)C(C)C(C)(C)C)CCN1.Cl. The Labute approximate surface area is 105 Å². The summed E-state index contributed by atoms with van der Waals surface area (Å²) in [5.41, 5.74) is 0.0607. The molecule has 0 spiro atoms. The van der Waals surface area contributed by atoms with Crippen molar-refractivity contribution in [2.75, 3.05) is 19.6 Å². The van der Waals surface area contributed by atoms with Crippen molar-refractivity contribution in [3.63, 3.8) is 0 Å². The van der Waals surface area contributed by atoms with Gasteiger partial charge in [-0.1, -0.05) is 27.7 Å². The van der Waals surface area contributed by atoms with E-state index in [2.05, 4.69) is 33.0 Å². The van der Waals surface area contributed by atoms with Crippen molar-refractivity contribution in [2.45, 2.75) is 40.7 Å². The Morgan fingerprint density at radius 1 is 1.44 bits per heavy atom. The zero-order valence-electron chi connectivity index (χ0n) is 11.0. The molecule has 1 saturated heterocycles. The Hall–Kier alpha value is -0.280. The maximum atomic E-state index is 12.2. The van der Waals surface area contributed by atoms with Crippen molar-refractivity contribution >= 4 is 18.3 Å². The van der Waals surface area contributed by atoms with Gasteiger partial charge in [0.15, 0.2) is 0 Å². The lowest BCUT2D eigenvalue weighted by atomic mass is 9.81. The minimum atomic E-state index is 0. The number of nitrogens with zero attached hydrogens (tertiary/aromatic N) is 1. The summed E-state index contributed by atoms with van der Waals surface area (Å²) >= 11 is 0. The fraction of sp³-hybridized carbons (Fsp3) is 0.917. The summed E-state index contributed by atoms with van der Waals surface area (Å²) in [5, 5.41) is 3.35. The van der Waals surface area contributed by atoms with Gasteiger partial charge in [-0.15, -0.1) is 12.4 Å². The van der Waals surface area contributed by atoms with E-state index in [0.29, 0.717) is 11.9 Å². The normalized spacial score (nSPS) is 23.6. The standard InChI is InChI=1S/C12H24N2O.ClH/c1-9-8-14(7-6-13-9)11(15)10(2)12(3,4)5;/h9-10,13H,6-8H2,1-5H3;1H.